The lowest BCUT2D eigenvalue weighted by Gasteiger charge is -2.36. The highest BCUT2D eigenvalue weighted by molar-refractivity contribution is 5.76. The molecule has 2 N–H and O–H groups in total. The maximum Gasteiger partial charge on any atom is 0.328 e. The Morgan fingerprint density at radius 1 is 1.32 bits per heavy atom. The fraction of sp³-hybridized carbons (Fsp3) is 0.583. The van der Waals surface area contributed by atoms with E-state index in [1.165, 1.54) is 16.8 Å². The average Bonchev–Trinajstić information content (AvgIpc) is 2.31. The number of carbonyl (C=O) groups is 1. The summed E-state index contributed by atoms with van der Waals surface area (Å²) in [4.78, 5) is 38.5. The minimum Gasteiger partial charge on any atom is -0.338 e. The molecule has 0 aliphatic carbocycles. The molecule has 19 heavy (non-hydrogen) atoms. The summed E-state index contributed by atoms with van der Waals surface area (Å²) in [6.07, 6.45) is 1.34. The summed E-state index contributed by atoms with van der Waals surface area (Å²) in [5, 5.41) is 3.34. The van der Waals surface area contributed by atoms with Crippen LogP contribution in [0.3, 0.4) is 0 Å². The summed E-state index contributed by atoms with van der Waals surface area (Å²) in [7, 11) is 0. The van der Waals surface area contributed by atoms with Crippen molar-refractivity contribution in [2.45, 2.75) is 32.5 Å². The van der Waals surface area contributed by atoms with Crippen LogP contribution in [0.5, 0.6) is 0 Å². The Bertz CT molecular complexity index is 567. The molecule has 1 aliphatic rings. The number of nitrogens with one attached hydrogen (secondary N) is 2. The first-order valence-electron chi connectivity index (χ1n) is 6.29. The Labute approximate surface area is 110 Å². The maximum atomic E-state index is 12.1. The second kappa shape index (κ2) is 5.40. The van der Waals surface area contributed by atoms with Crippen molar-refractivity contribution in [3.63, 3.8) is 0 Å². The summed E-state index contributed by atoms with van der Waals surface area (Å²) < 4.78 is 1.21. The quantitative estimate of drug-likeness (QED) is 0.700. The molecule has 7 heteroatoms. The first-order chi connectivity index (χ1) is 8.95. The van der Waals surface area contributed by atoms with Gasteiger partial charge in [-0.15, -0.1) is 0 Å². The third-order valence-corrected chi connectivity index (χ3v) is 3.11. The molecule has 7 nitrogen and oxygen atoms in total. The van der Waals surface area contributed by atoms with Crippen molar-refractivity contribution in [3.05, 3.63) is 33.1 Å². The molecule has 1 aromatic rings. The molecule has 1 saturated heterocycles. The van der Waals surface area contributed by atoms with Gasteiger partial charge in [-0.05, 0) is 13.8 Å². The molecule has 1 amide bonds. The Hall–Kier alpha value is -1.89. The van der Waals surface area contributed by atoms with Gasteiger partial charge in [0.2, 0.25) is 5.91 Å². The van der Waals surface area contributed by atoms with Crippen molar-refractivity contribution < 1.29 is 4.79 Å². The Kier molecular flexibility index (Phi) is 3.84. The lowest BCUT2D eigenvalue weighted by molar-refractivity contribution is -0.133. The van der Waals surface area contributed by atoms with Gasteiger partial charge in [-0.2, -0.15) is 0 Å². The molecular formula is C12H18N4O3. The number of rotatable bonds is 2. The van der Waals surface area contributed by atoms with Crippen LogP contribution in [0.4, 0.5) is 0 Å². The third kappa shape index (κ3) is 3.31. The van der Waals surface area contributed by atoms with Gasteiger partial charge in [0.15, 0.2) is 0 Å². The standard InChI is InChI=1S/C12H18N4O3/c1-8-5-16(6-9(2)13-8)11(18)7-15-4-3-10(17)14-12(15)19/h3-4,8-9,13H,5-7H2,1-2H3,(H,14,17,19)/t8-,9-/m0/s1. The number of carbonyl (C=O) groups excluding carboxylic acids is 1. The minimum absolute atomic E-state index is 0.0466. The summed E-state index contributed by atoms with van der Waals surface area (Å²) in [5.74, 6) is -0.116. The van der Waals surface area contributed by atoms with Crippen LogP contribution >= 0.6 is 0 Å². The zero-order chi connectivity index (χ0) is 14.0. The molecule has 2 heterocycles. The largest absolute Gasteiger partial charge is 0.338 e. The highest BCUT2D eigenvalue weighted by Crippen LogP contribution is 2.04. The van der Waals surface area contributed by atoms with Crippen LogP contribution in [0.15, 0.2) is 21.9 Å². The first-order valence-corrected chi connectivity index (χ1v) is 6.29. The SMILES string of the molecule is C[C@H]1CN(C(=O)Cn2ccc(=O)[nH]c2=O)C[C@H](C)N1. The topological polar surface area (TPSA) is 87.2 Å². The van der Waals surface area contributed by atoms with Crippen molar-refractivity contribution in [3.8, 4) is 0 Å². The van der Waals surface area contributed by atoms with Crippen LogP contribution in [0, 0.1) is 0 Å². The number of aromatic amines is 1. The van der Waals surface area contributed by atoms with Crippen LogP contribution in [0.2, 0.25) is 0 Å². The van der Waals surface area contributed by atoms with Crippen molar-refractivity contribution in [1.82, 2.24) is 19.8 Å². The molecule has 0 radical (unpaired) electrons. The van der Waals surface area contributed by atoms with Crippen LogP contribution in [-0.4, -0.2) is 45.5 Å². The van der Waals surface area contributed by atoms with E-state index in [4.69, 9.17) is 0 Å². The van der Waals surface area contributed by atoms with Crippen molar-refractivity contribution >= 4 is 5.91 Å². The van der Waals surface area contributed by atoms with Gasteiger partial charge in [0.25, 0.3) is 5.56 Å². The molecule has 2 rings (SSSR count). The molecule has 0 bridgehead atoms. The molecule has 0 aromatic carbocycles. The Morgan fingerprint density at radius 2 is 1.95 bits per heavy atom. The predicted octanol–water partition coefficient (Wildman–Crippen LogP) is -1.25. The van der Waals surface area contributed by atoms with E-state index < -0.39 is 11.2 Å². The molecule has 0 spiro atoms. The zero-order valence-electron chi connectivity index (χ0n) is 11.0. The molecule has 1 aromatic heterocycles. The summed E-state index contributed by atoms with van der Waals surface area (Å²) in [6.45, 7) is 5.24. The minimum atomic E-state index is -0.558. The van der Waals surface area contributed by atoms with Gasteiger partial charge in [0.1, 0.15) is 6.54 Å². The molecule has 1 aliphatic heterocycles. The lowest BCUT2D eigenvalue weighted by Crippen LogP contribution is -2.56. The van der Waals surface area contributed by atoms with E-state index in [1.54, 1.807) is 4.90 Å². The van der Waals surface area contributed by atoms with Crippen LogP contribution in [0.1, 0.15) is 13.8 Å². The Morgan fingerprint density at radius 3 is 2.53 bits per heavy atom. The number of piperazine rings is 1. The summed E-state index contributed by atoms with van der Waals surface area (Å²) in [6, 6.07) is 1.71. The molecule has 0 unspecified atom stereocenters. The van der Waals surface area contributed by atoms with Gasteiger partial charge in [-0.1, -0.05) is 0 Å². The van der Waals surface area contributed by atoms with E-state index in [0.717, 1.165) is 0 Å². The van der Waals surface area contributed by atoms with Crippen LogP contribution in [0.25, 0.3) is 0 Å². The fourth-order valence-electron chi connectivity index (χ4n) is 2.34. The number of aromatic nitrogens is 2. The van der Waals surface area contributed by atoms with E-state index in [1.807, 2.05) is 13.8 Å². The van der Waals surface area contributed by atoms with Crippen LogP contribution < -0.4 is 16.6 Å². The third-order valence-electron chi connectivity index (χ3n) is 3.11. The molecule has 1 fully saturated rings. The molecular weight excluding hydrogens is 248 g/mol. The second-order valence-electron chi connectivity index (χ2n) is 5.01. The number of nitrogens with zero attached hydrogens (tertiary/aromatic N) is 2. The van der Waals surface area contributed by atoms with Gasteiger partial charge >= 0.3 is 5.69 Å². The Balaban J connectivity index is 2.08. The van der Waals surface area contributed by atoms with Gasteiger partial charge in [-0.25, -0.2) is 4.79 Å². The van der Waals surface area contributed by atoms with Gasteiger partial charge in [-0.3, -0.25) is 19.1 Å². The van der Waals surface area contributed by atoms with E-state index in [-0.39, 0.29) is 24.5 Å². The number of hydrogen-bond acceptors (Lipinski definition) is 4. The van der Waals surface area contributed by atoms with E-state index in [9.17, 15) is 14.4 Å². The fourth-order valence-corrected chi connectivity index (χ4v) is 2.34. The van der Waals surface area contributed by atoms with Crippen LogP contribution in [-0.2, 0) is 11.3 Å². The number of amides is 1. The maximum absolute atomic E-state index is 12.1. The normalized spacial score (nSPS) is 23.4. The number of H-pyrrole nitrogens is 1. The van der Waals surface area contributed by atoms with E-state index in [2.05, 4.69) is 10.3 Å². The smallest absolute Gasteiger partial charge is 0.328 e. The average molecular weight is 266 g/mol. The molecule has 0 saturated carbocycles. The van der Waals surface area contributed by atoms with E-state index >= 15 is 0 Å². The lowest BCUT2D eigenvalue weighted by atomic mass is 10.1. The zero-order valence-corrected chi connectivity index (χ0v) is 11.0. The highest BCUT2D eigenvalue weighted by atomic mass is 16.2. The molecule has 2 atom stereocenters. The van der Waals surface area contributed by atoms with Gasteiger partial charge in [0, 0.05) is 37.4 Å². The number of hydrogen-bond donors (Lipinski definition) is 2. The van der Waals surface area contributed by atoms with Crippen molar-refractivity contribution in [2.24, 2.45) is 0 Å². The molecule has 104 valence electrons. The monoisotopic (exact) mass is 266 g/mol. The van der Waals surface area contributed by atoms with Crippen molar-refractivity contribution in [2.75, 3.05) is 13.1 Å². The first kappa shape index (κ1) is 13.5. The van der Waals surface area contributed by atoms with E-state index in [0.29, 0.717) is 13.1 Å². The summed E-state index contributed by atoms with van der Waals surface area (Å²) in [5.41, 5.74) is -1.02. The van der Waals surface area contributed by atoms with Crippen molar-refractivity contribution in [1.29, 1.82) is 0 Å². The highest BCUT2D eigenvalue weighted by Gasteiger charge is 2.24. The second-order valence-corrected chi connectivity index (χ2v) is 5.01. The van der Waals surface area contributed by atoms with Gasteiger partial charge < -0.3 is 10.2 Å². The summed E-state index contributed by atoms with van der Waals surface area (Å²) >= 11 is 0. The van der Waals surface area contributed by atoms with Gasteiger partial charge in [0.05, 0.1) is 0 Å². The predicted molar refractivity (Wildman–Crippen MR) is 70.0 cm³/mol.